The molecule has 25 heavy (non-hydrogen) atoms. The summed E-state index contributed by atoms with van der Waals surface area (Å²) in [5.41, 5.74) is 5.83. The van der Waals surface area contributed by atoms with E-state index in [1.54, 1.807) is 5.56 Å². The molecule has 0 bridgehead atoms. The minimum absolute atomic E-state index is 0. The maximum absolute atomic E-state index is 2.49. The molecule has 0 aromatic heterocycles. The number of allylic oxidation sites excluding steroid dienone is 1. The molecule has 0 saturated carbocycles. The van der Waals surface area contributed by atoms with Crippen molar-refractivity contribution >= 4 is 22.8 Å². The average Bonchev–Trinajstić information content (AvgIpc) is 2.97. The summed E-state index contributed by atoms with van der Waals surface area (Å²) < 4.78 is 0.785. The molecule has 0 spiro atoms. The van der Waals surface area contributed by atoms with Gasteiger partial charge in [0.25, 0.3) is 0 Å². The van der Waals surface area contributed by atoms with Gasteiger partial charge >= 0.3 is 151 Å². The maximum atomic E-state index is 2.49. The summed E-state index contributed by atoms with van der Waals surface area (Å²) >= 11 is -0.307. The van der Waals surface area contributed by atoms with E-state index < -0.39 is 0 Å². The first-order chi connectivity index (χ1) is 11.2. The Balaban J connectivity index is 0.00000113. The molecule has 0 aliphatic heterocycles. The predicted octanol–water partition coefficient (Wildman–Crippen LogP) is -0.0837. The molecule has 4 rings (SSSR count). The van der Waals surface area contributed by atoms with Crippen LogP contribution in [0.1, 0.15) is 14.8 Å². The van der Waals surface area contributed by atoms with Crippen molar-refractivity contribution in [3.05, 3.63) is 77.9 Å². The first-order valence-corrected chi connectivity index (χ1v) is 15.7. The number of hydrogen-bond acceptors (Lipinski definition) is 0. The van der Waals surface area contributed by atoms with Crippen molar-refractivity contribution < 1.29 is 47.2 Å². The summed E-state index contributed by atoms with van der Waals surface area (Å²) in [4.78, 5) is 0. The van der Waals surface area contributed by atoms with Crippen LogP contribution in [0.25, 0.3) is 28.0 Å². The molecule has 0 saturated heterocycles. The molecule has 1 unspecified atom stereocenters. The molecule has 0 N–H and O–H groups in total. The summed E-state index contributed by atoms with van der Waals surface area (Å²) in [5.74, 6) is -0.0514. The van der Waals surface area contributed by atoms with Crippen molar-refractivity contribution in [2.24, 2.45) is 0 Å². The predicted molar refractivity (Wildman–Crippen MR) is 98.6 cm³/mol. The van der Waals surface area contributed by atoms with Gasteiger partial charge in [-0.25, -0.2) is 0 Å². The van der Waals surface area contributed by atoms with Crippen LogP contribution in [-0.2, 0) is 22.4 Å². The third-order valence-electron chi connectivity index (χ3n) is 4.45. The van der Waals surface area contributed by atoms with Crippen molar-refractivity contribution in [1.82, 2.24) is 0 Å². The van der Waals surface area contributed by atoms with E-state index in [0.717, 1.165) is 3.63 Å². The summed E-state index contributed by atoms with van der Waals surface area (Å²) in [6, 6.07) is 22.3. The smallest absolute Gasteiger partial charge is 1.00 e. The molecule has 1 radical (unpaired) electrons. The van der Waals surface area contributed by atoms with Crippen molar-refractivity contribution in [3.63, 3.8) is 0 Å². The van der Waals surface area contributed by atoms with E-state index in [2.05, 4.69) is 85.9 Å². The number of fused-ring (bicyclic) bond motifs is 2. The van der Waals surface area contributed by atoms with Gasteiger partial charge in [0.2, 0.25) is 0 Å². The van der Waals surface area contributed by atoms with Crippen LogP contribution in [0.3, 0.4) is 0 Å². The fraction of sp³-hybridized carbons (Fsp3) is 0.143. The number of halogens is 2. The van der Waals surface area contributed by atoms with Crippen molar-refractivity contribution in [2.75, 3.05) is 0 Å². The van der Waals surface area contributed by atoms with Crippen molar-refractivity contribution in [3.8, 4) is 11.1 Å². The Hall–Kier alpha value is -0.660. The Morgan fingerprint density at radius 2 is 1.48 bits per heavy atom. The largest absolute Gasteiger partial charge is 1.00 e. The zero-order valence-corrected chi connectivity index (χ0v) is 19.2. The van der Waals surface area contributed by atoms with E-state index >= 15 is 0 Å². The van der Waals surface area contributed by atoms with Gasteiger partial charge in [-0.15, -0.1) is 0 Å². The third kappa shape index (κ3) is 4.03. The quantitative estimate of drug-likeness (QED) is 0.479. The number of hydrogen-bond donors (Lipinski definition) is 0. The molecule has 1 aliphatic rings. The zero-order chi connectivity index (χ0) is 15.8. The molecular formula is C21H19Cl2SiZr. The molecule has 1 aliphatic carbocycles. The average molecular weight is 462 g/mol. The number of benzene rings is 3. The Morgan fingerprint density at radius 1 is 0.800 bits per heavy atom. The Labute approximate surface area is 174 Å². The Morgan fingerprint density at radius 3 is 2.28 bits per heavy atom. The molecule has 0 heterocycles. The zero-order valence-electron chi connectivity index (χ0n) is 14.3. The molecule has 125 valence electrons. The van der Waals surface area contributed by atoms with Crippen LogP contribution in [0.2, 0.25) is 13.1 Å². The monoisotopic (exact) mass is 459 g/mol. The van der Waals surface area contributed by atoms with E-state index in [-0.39, 0.29) is 53.1 Å². The van der Waals surface area contributed by atoms with Gasteiger partial charge in [-0.05, 0) is 0 Å². The SMILES string of the molecule is C[Si](C)[Zr+2][CH]1C=Cc2c(-c3cccc4ccccc34)cccc21.[Cl-].[Cl-]. The molecule has 3 aromatic rings. The first kappa shape index (κ1) is 20.6. The Kier molecular flexibility index (Phi) is 7.29. The minimum atomic E-state index is -0.307. The van der Waals surface area contributed by atoms with Gasteiger partial charge < -0.3 is 24.8 Å². The summed E-state index contributed by atoms with van der Waals surface area (Å²) in [6.07, 6.45) is 4.88. The van der Waals surface area contributed by atoms with Crippen LogP contribution >= 0.6 is 0 Å². The van der Waals surface area contributed by atoms with E-state index in [9.17, 15) is 0 Å². The van der Waals surface area contributed by atoms with Crippen LogP contribution in [0, 0.1) is 0 Å². The standard InChI is InChI=1S/C19H13.C2H6Si.2ClH.Zr/c1-2-10-16-14(6-1)8-4-12-18(16)19-13-5-9-15-7-3-11-17(15)19;1-3-2;;;/h1-13H;1-2H3;2*1H;/q;;;;+2/p-2. The van der Waals surface area contributed by atoms with Gasteiger partial charge in [0.15, 0.2) is 0 Å². The molecular weight excluding hydrogens is 442 g/mol. The maximum Gasteiger partial charge on any atom is -1.00 e. The topological polar surface area (TPSA) is 0 Å². The van der Waals surface area contributed by atoms with Crippen LogP contribution < -0.4 is 24.8 Å². The second-order valence-corrected chi connectivity index (χ2v) is 19.6. The molecule has 3 aromatic carbocycles. The van der Waals surface area contributed by atoms with Gasteiger partial charge in [0, 0.05) is 0 Å². The van der Waals surface area contributed by atoms with Gasteiger partial charge in [0.1, 0.15) is 0 Å². The van der Waals surface area contributed by atoms with Gasteiger partial charge in [0.05, 0.1) is 0 Å². The summed E-state index contributed by atoms with van der Waals surface area (Å²) in [6.45, 7) is 4.97. The first-order valence-electron chi connectivity index (χ1n) is 8.10. The van der Waals surface area contributed by atoms with Gasteiger partial charge in [-0.2, -0.15) is 0 Å². The van der Waals surface area contributed by atoms with E-state index in [4.69, 9.17) is 0 Å². The van der Waals surface area contributed by atoms with Crippen LogP contribution in [0.15, 0.2) is 66.7 Å². The van der Waals surface area contributed by atoms with Crippen molar-refractivity contribution in [1.29, 1.82) is 0 Å². The summed E-state index contributed by atoms with van der Waals surface area (Å²) in [7, 11) is 0. The van der Waals surface area contributed by atoms with E-state index in [1.165, 1.54) is 27.5 Å². The van der Waals surface area contributed by atoms with Crippen molar-refractivity contribution in [2.45, 2.75) is 16.7 Å². The number of rotatable bonds is 3. The van der Waals surface area contributed by atoms with Gasteiger partial charge in [-0.1, -0.05) is 0 Å². The molecule has 4 heteroatoms. The normalized spacial score (nSPS) is 14.6. The molecule has 1 atom stereocenters. The van der Waals surface area contributed by atoms with Crippen LogP contribution in [-0.4, -0.2) is 5.92 Å². The van der Waals surface area contributed by atoms with Gasteiger partial charge in [-0.3, -0.25) is 0 Å². The second-order valence-electron chi connectivity index (χ2n) is 6.32. The van der Waals surface area contributed by atoms with E-state index in [1.807, 2.05) is 0 Å². The molecule has 0 fully saturated rings. The molecule has 0 nitrogen and oxygen atoms in total. The fourth-order valence-corrected chi connectivity index (χ4v) is 11.6. The summed E-state index contributed by atoms with van der Waals surface area (Å²) in [5, 5.41) is 2.68. The minimum Gasteiger partial charge on any atom is -1.00 e. The van der Waals surface area contributed by atoms with Crippen LogP contribution in [0.5, 0.6) is 0 Å². The third-order valence-corrected chi connectivity index (χ3v) is 13.1. The molecule has 0 amide bonds. The fourth-order valence-electron chi connectivity index (χ4n) is 3.47. The van der Waals surface area contributed by atoms with Crippen LogP contribution in [0.4, 0.5) is 0 Å². The van der Waals surface area contributed by atoms with E-state index in [0.29, 0.717) is 0 Å². The Bertz CT molecular complexity index is 900. The second kappa shape index (κ2) is 8.82.